The molecular formula is C15H25NO4. The molecule has 0 amide bonds. The van der Waals surface area contributed by atoms with Crippen LogP contribution in [0, 0.1) is 0 Å². The van der Waals surface area contributed by atoms with Gasteiger partial charge in [-0.2, -0.15) is 0 Å². The summed E-state index contributed by atoms with van der Waals surface area (Å²) in [5, 5.41) is 9.12. The first-order chi connectivity index (χ1) is 9.69. The molecule has 2 aliphatic heterocycles. The van der Waals surface area contributed by atoms with Crippen LogP contribution in [0.1, 0.15) is 44.9 Å². The topological polar surface area (TPSA) is 59.0 Å². The van der Waals surface area contributed by atoms with Gasteiger partial charge >= 0.3 is 5.97 Å². The molecule has 1 N–H and O–H groups in total. The van der Waals surface area contributed by atoms with Crippen molar-refractivity contribution < 1.29 is 19.4 Å². The van der Waals surface area contributed by atoms with Crippen LogP contribution in [0.5, 0.6) is 0 Å². The third-order valence-electron chi connectivity index (χ3n) is 5.12. The third-order valence-corrected chi connectivity index (χ3v) is 5.12. The Labute approximate surface area is 120 Å². The Bertz CT molecular complexity index is 348. The summed E-state index contributed by atoms with van der Waals surface area (Å²) in [6.07, 6.45) is 7.66. The molecule has 3 rings (SSSR count). The number of nitrogens with zero attached hydrogens (tertiary/aromatic N) is 1. The predicted molar refractivity (Wildman–Crippen MR) is 73.7 cm³/mol. The zero-order valence-electron chi connectivity index (χ0n) is 12.1. The van der Waals surface area contributed by atoms with E-state index in [4.69, 9.17) is 14.6 Å². The summed E-state index contributed by atoms with van der Waals surface area (Å²) >= 11 is 0. The smallest absolute Gasteiger partial charge is 0.334 e. The van der Waals surface area contributed by atoms with Gasteiger partial charge in [-0.25, -0.2) is 4.79 Å². The number of aliphatic carboxylic acids is 1. The maximum absolute atomic E-state index is 11.1. The lowest BCUT2D eigenvalue weighted by Crippen LogP contribution is -2.55. The van der Waals surface area contributed by atoms with E-state index in [0.717, 1.165) is 26.0 Å². The van der Waals surface area contributed by atoms with E-state index in [2.05, 4.69) is 4.90 Å². The fraction of sp³-hybridized carbons (Fsp3) is 0.933. The Morgan fingerprint density at radius 3 is 2.75 bits per heavy atom. The van der Waals surface area contributed by atoms with E-state index < -0.39 is 12.1 Å². The maximum Gasteiger partial charge on any atom is 0.334 e. The minimum absolute atomic E-state index is 0.0815. The first-order valence-electron chi connectivity index (χ1n) is 7.91. The highest BCUT2D eigenvalue weighted by molar-refractivity contribution is 5.72. The number of hydrogen-bond acceptors (Lipinski definition) is 4. The van der Waals surface area contributed by atoms with E-state index >= 15 is 0 Å². The lowest BCUT2D eigenvalue weighted by Gasteiger charge is -2.47. The Kier molecular flexibility index (Phi) is 4.29. The minimum atomic E-state index is -0.839. The molecule has 2 unspecified atom stereocenters. The second-order valence-electron chi connectivity index (χ2n) is 6.43. The summed E-state index contributed by atoms with van der Waals surface area (Å²) in [7, 11) is 0. The van der Waals surface area contributed by atoms with E-state index in [9.17, 15) is 4.79 Å². The number of rotatable bonds is 2. The molecule has 0 aromatic heterocycles. The molecule has 3 aliphatic rings. The number of hydrogen-bond donors (Lipinski definition) is 1. The van der Waals surface area contributed by atoms with E-state index in [1.54, 1.807) is 0 Å². The van der Waals surface area contributed by atoms with Gasteiger partial charge in [-0.15, -0.1) is 0 Å². The van der Waals surface area contributed by atoms with Crippen molar-refractivity contribution in [3.05, 3.63) is 0 Å². The second kappa shape index (κ2) is 6.00. The van der Waals surface area contributed by atoms with Gasteiger partial charge in [0.15, 0.2) is 6.10 Å². The van der Waals surface area contributed by atoms with Crippen LogP contribution >= 0.6 is 0 Å². The van der Waals surface area contributed by atoms with Crippen LogP contribution in [0.3, 0.4) is 0 Å². The van der Waals surface area contributed by atoms with E-state index in [1.807, 2.05) is 0 Å². The molecular weight excluding hydrogens is 258 g/mol. The van der Waals surface area contributed by atoms with Crippen LogP contribution in [-0.2, 0) is 14.3 Å². The number of carboxylic acids is 1. The first kappa shape index (κ1) is 14.3. The quantitative estimate of drug-likeness (QED) is 0.835. The fourth-order valence-electron chi connectivity index (χ4n) is 4.01. The molecule has 1 aliphatic carbocycles. The van der Waals surface area contributed by atoms with Crippen LogP contribution in [0.4, 0.5) is 0 Å². The average Bonchev–Trinajstić information content (AvgIpc) is 2.48. The van der Waals surface area contributed by atoms with E-state index in [0.29, 0.717) is 19.2 Å². The zero-order chi connectivity index (χ0) is 14.0. The van der Waals surface area contributed by atoms with Crippen molar-refractivity contribution in [2.75, 3.05) is 26.3 Å². The van der Waals surface area contributed by atoms with E-state index in [-0.39, 0.29) is 5.60 Å². The highest BCUT2D eigenvalue weighted by Gasteiger charge is 2.41. The van der Waals surface area contributed by atoms with Gasteiger partial charge in [0.1, 0.15) is 0 Å². The van der Waals surface area contributed by atoms with Crippen molar-refractivity contribution in [1.29, 1.82) is 0 Å². The Morgan fingerprint density at radius 1 is 1.20 bits per heavy atom. The van der Waals surface area contributed by atoms with Gasteiger partial charge in [0.2, 0.25) is 0 Å². The molecule has 20 heavy (non-hydrogen) atoms. The number of morpholine rings is 1. The van der Waals surface area contributed by atoms with Crippen molar-refractivity contribution in [3.63, 3.8) is 0 Å². The Balaban J connectivity index is 1.62. The highest BCUT2D eigenvalue weighted by atomic mass is 16.5. The molecule has 114 valence electrons. The molecule has 0 aromatic carbocycles. The minimum Gasteiger partial charge on any atom is -0.479 e. The number of ether oxygens (including phenoxy) is 2. The molecule has 0 radical (unpaired) electrons. The van der Waals surface area contributed by atoms with Gasteiger partial charge in [0, 0.05) is 25.7 Å². The molecule has 2 heterocycles. The normalized spacial score (nSPS) is 35.0. The van der Waals surface area contributed by atoms with Gasteiger partial charge in [0.05, 0.1) is 12.2 Å². The average molecular weight is 283 g/mol. The van der Waals surface area contributed by atoms with Crippen molar-refractivity contribution in [1.82, 2.24) is 4.90 Å². The standard InChI is InChI=1S/C15H25NO4/c17-14(18)13-11-16(7-9-19-13)12-4-8-20-15(10-12)5-2-1-3-6-15/h12-13H,1-11H2,(H,17,18). The summed E-state index contributed by atoms with van der Waals surface area (Å²) < 4.78 is 11.5. The van der Waals surface area contributed by atoms with E-state index in [1.165, 1.54) is 32.1 Å². The molecule has 2 saturated heterocycles. The summed E-state index contributed by atoms with van der Waals surface area (Å²) in [5.41, 5.74) is 0.0815. The third kappa shape index (κ3) is 3.00. The lowest BCUT2D eigenvalue weighted by atomic mass is 9.78. The van der Waals surface area contributed by atoms with Crippen LogP contribution in [0.25, 0.3) is 0 Å². The van der Waals surface area contributed by atoms with Gasteiger partial charge in [-0.05, 0) is 25.7 Å². The van der Waals surface area contributed by atoms with Crippen molar-refractivity contribution in [2.45, 2.75) is 62.7 Å². The van der Waals surface area contributed by atoms with Crippen molar-refractivity contribution in [2.24, 2.45) is 0 Å². The number of carbonyl (C=O) groups is 1. The highest BCUT2D eigenvalue weighted by Crippen LogP contribution is 2.40. The SMILES string of the molecule is O=C(O)C1CN(C2CCOC3(CCCCC3)C2)CCO1. The van der Waals surface area contributed by atoms with Gasteiger partial charge < -0.3 is 14.6 Å². The van der Waals surface area contributed by atoms with Crippen LogP contribution in [0.2, 0.25) is 0 Å². The molecule has 1 spiro atoms. The second-order valence-corrected chi connectivity index (χ2v) is 6.43. The van der Waals surface area contributed by atoms with Crippen LogP contribution in [0.15, 0.2) is 0 Å². The Hall–Kier alpha value is -0.650. The summed E-state index contributed by atoms with van der Waals surface area (Å²) in [5.74, 6) is -0.839. The molecule has 2 atom stereocenters. The van der Waals surface area contributed by atoms with Crippen LogP contribution < -0.4 is 0 Å². The van der Waals surface area contributed by atoms with Crippen molar-refractivity contribution in [3.8, 4) is 0 Å². The molecule has 0 bridgehead atoms. The largest absolute Gasteiger partial charge is 0.479 e. The lowest BCUT2D eigenvalue weighted by molar-refractivity contribution is -0.163. The van der Waals surface area contributed by atoms with Gasteiger partial charge in [-0.3, -0.25) is 4.90 Å². The Morgan fingerprint density at radius 2 is 2.00 bits per heavy atom. The van der Waals surface area contributed by atoms with Crippen molar-refractivity contribution >= 4 is 5.97 Å². The molecule has 5 nitrogen and oxygen atoms in total. The maximum atomic E-state index is 11.1. The molecule has 1 saturated carbocycles. The zero-order valence-corrected chi connectivity index (χ0v) is 12.1. The van der Waals surface area contributed by atoms with Gasteiger partial charge in [-0.1, -0.05) is 19.3 Å². The summed E-state index contributed by atoms with van der Waals surface area (Å²) in [4.78, 5) is 13.4. The monoisotopic (exact) mass is 283 g/mol. The molecule has 5 heteroatoms. The molecule has 0 aromatic rings. The molecule has 3 fully saturated rings. The fourth-order valence-corrected chi connectivity index (χ4v) is 4.01. The summed E-state index contributed by atoms with van der Waals surface area (Å²) in [6, 6.07) is 0.465. The predicted octanol–water partition coefficient (Wildman–Crippen LogP) is 1.65. The van der Waals surface area contributed by atoms with Gasteiger partial charge in [0.25, 0.3) is 0 Å². The van der Waals surface area contributed by atoms with Crippen LogP contribution in [-0.4, -0.2) is 60.0 Å². The number of carboxylic acid groups (broad SMARTS) is 1. The summed E-state index contributed by atoms with van der Waals surface area (Å²) in [6.45, 7) is 2.72. The first-order valence-corrected chi connectivity index (χ1v) is 7.91.